The van der Waals surface area contributed by atoms with Gasteiger partial charge in [0, 0.05) is 23.7 Å². The lowest BCUT2D eigenvalue weighted by molar-refractivity contribution is 0.415. The van der Waals surface area contributed by atoms with Gasteiger partial charge in [-0.2, -0.15) is 0 Å². The molecule has 80 valence electrons. The molecule has 0 aliphatic heterocycles. The number of fused-ring (bicyclic) bond motifs is 1. The lowest BCUT2D eigenvalue weighted by Gasteiger charge is -2.02. The molecular weight excluding hydrogens is 212 g/mol. The number of ether oxygens (including phenoxy) is 1. The molecule has 0 saturated carbocycles. The first kappa shape index (κ1) is 10.3. The average Bonchev–Trinajstić information content (AvgIpc) is 2.54. The maximum Gasteiger partial charge on any atom is 0.121 e. The van der Waals surface area contributed by atoms with Gasteiger partial charge in [-0.1, -0.05) is 11.6 Å². The summed E-state index contributed by atoms with van der Waals surface area (Å²) in [5, 5.41) is 1.70. The standard InChI is InChI=1S/C11H13ClN2O/c1-6-9(5-13)8-3-7(15-2)4-10(12)11(8)14-6/h3-4,14H,5,13H2,1-2H3. The number of halogens is 1. The summed E-state index contributed by atoms with van der Waals surface area (Å²) >= 11 is 6.13. The van der Waals surface area contributed by atoms with E-state index in [2.05, 4.69) is 4.98 Å². The Balaban J connectivity index is 2.80. The minimum absolute atomic E-state index is 0.495. The number of methoxy groups -OCH3 is 1. The normalized spacial score (nSPS) is 10.9. The maximum absolute atomic E-state index is 6.13. The van der Waals surface area contributed by atoms with Crippen LogP contribution in [0.15, 0.2) is 12.1 Å². The van der Waals surface area contributed by atoms with Crippen molar-refractivity contribution in [3.8, 4) is 5.75 Å². The number of benzene rings is 1. The van der Waals surface area contributed by atoms with Crippen molar-refractivity contribution in [3.05, 3.63) is 28.4 Å². The van der Waals surface area contributed by atoms with Crippen molar-refractivity contribution < 1.29 is 4.74 Å². The van der Waals surface area contributed by atoms with Crippen molar-refractivity contribution in [1.29, 1.82) is 0 Å². The molecular formula is C11H13ClN2O. The second-order valence-electron chi connectivity index (χ2n) is 3.46. The highest BCUT2D eigenvalue weighted by atomic mass is 35.5. The Labute approximate surface area is 93.2 Å². The Morgan fingerprint density at radius 3 is 2.80 bits per heavy atom. The topological polar surface area (TPSA) is 51.0 Å². The number of H-pyrrole nitrogens is 1. The first-order valence-electron chi connectivity index (χ1n) is 4.72. The summed E-state index contributed by atoms with van der Waals surface area (Å²) < 4.78 is 5.17. The van der Waals surface area contributed by atoms with E-state index in [1.54, 1.807) is 13.2 Å². The smallest absolute Gasteiger partial charge is 0.121 e. The van der Waals surface area contributed by atoms with Crippen molar-refractivity contribution in [2.24, 2.45) is 5.73 Å². The van der Waals surface area contributed by atoms with Crippen LogP contribution in [0.1, 0.15) is 11.3 Å². The molecule has 1 heterocycles. The molecule has 0 fully saturated rings. The molecule has 15 heavy (non-hydrogen) atoms. The van der Waals surface area contributed by atoms with Crippen LogP contribution in [-0.2, 0) is 6.54 Å². The first-order chi connectivity index (χ1) is 7.17. The molecule has 0 atom stereocenters. The third-order valence-electron chi connectivity index (χ3n) is 2.59. The van der Waals surface area contributed by atoms with Crippen LogP contribution in [0.5, 0.6) is 5.75 Å². The van der Waals surface area contributed by atoms with Gasteiger partial charge >= 0.3 is 0 Å². The van der Waals surface area contributed by atoms with Crippen LogP contribution in [0.2, 0.25) is 5.02 Å². The van der Waals surface area contributed by atoms with E-state index >= 15 is 0 Å². The molecule has 3 nitrogen and oxygen atoms in total. The lowest BCUT2D eigenvalue weighted by atomic mass is 10.1. The summed E-state index contributed by atoms with van der Waals surface area (Å²) in [5.41, 5.74) is 8.77. The molecule has 0 bridgehead atoms. The van der Waals surface area contributed by atoms with Crippen LogP contribution >= 0.6 is 11.6 Å². The average molecular weight is 225 g/mol. The summed E-state index contributed by atoms with van der Waals surface area (Å²) in [5.74, 6) is 0.751. The molecule has 0 amide bonds. The SMILES string of the molecule is COc1cc(Cl)c2[nH]c(C)c(CN)c2c1. The zero-order valence-corrected chi connectivity index (χ0v) is 9.48. The van der Waals surface area contributed by atoms with Crippen LogP contribution < -0.4 is 10.5 Å². The highest BCUT2D eigenvalue weighted by Gasteiger charge is 2.11. The molecule has 0 saturated heterocycles. The summed E-state index contributed by atoms with van der Waals surface area (Å²) in [4.78, 5) is 3.23. The fourth-order valence-electron chi connectivity index (χ4n) is 1.79. The second kappa shape index (κ2) is 3.76. The second-order valence-corrected chi connectivity index (χ2v) is 3.87. The van der Waals surface area contributed by atoms with E-state index < -0.39 is 0 Å². The Morgan fingerprint density at radius 1 is 1.47 bits per heavy atom. The van der Waals surface area contributed by atoms with Gasteiger partial charge in [-0.15, -0.1) is 0 Å². The van der Waals surface area contributed by atoms with Crippen molar-refractivity contribution in [2.45, 2.75) is 13.5 Å². The van der Waals surface area contributed by atoms with E-state index in [1.165, 1.54) is 0 Å². The number of aromatic amines is 1. The first-order valence-corrected chi connectivity index (χ1v) is 5.10. The number of rotatable bonds is 2. The summed E-state index contributed by atoms with van der Waals surface area (Å²) in [6.45, 7) is 2.49. The van der Waals surface area contributed by atoms with E-state index in [-0.39, 0.29) is 0 Å². The number of nitrogens with one attached hydrogen (secondary N) is 1. The number of hydrogen-bond donors (Lipinski definition) is 2. The van der Waals surface area contributed by atoms with Gasteiger partial charge in [0.1, 0.15) is 5.75 Å². The summed E-state index contributed by atoms with van der Waals surface area (Å²) in [7, 11) is 1.62. The highest BCUT2D eigenvalue weighted by molar-refractivity contribution is 6.35. The van der Waals surface area contributed by atoms with E-state index in [9.17, 15) is 0 Å². The third kappa shape index (κ3) is 1.58. The predicted molar refractivity (Wildman–Crippen MR) is 62.5 cm³/mol. The Morgan fingerprint density at radius 2 is 2.20 bits per heavy atom. The number of hydrogen-bond acceptors (Lipinski definition) is 2. The molecule has 2 aromatic rings. The predicted octanol–water partition coefficient (Wildman–Crippen LogP) is 2.60. The zero-order chi connectivity index (χ0) is 11.0. The fraction of sp³-hybridized carbons (Fsp3) is 0.273. The van der Waals surface area contributed by atoms with E-state index in [0.29, 0.717) is 11.6 Å². The number of nitrogens with two attached hydrogens (primary N) is 1. The van der Waals surface area contributed by atoms with Gasteiger partial charge in [-0.05, 0) is 18.6 Å². The maximum atomic E-state index is 6.13. The van der Waals surface area contributed by atoms with Crippen molar-refractivity contribution in [1.82, 2.24) is 4.98 Å². The molecule has 0 aliphatic rings. The Hall–Kier alpha value is -1.19. The molecule has 0 aliphatic carbocycles. The molecule has 1 aromatic carbocycles. The minimum atomic E-state index is 0.495. The molecule has 4 heteroatoms. The Bertz CT molecular complexity index is 505. The lowest BCUT2D eigenvalue weighted by Crippen LogP contribution is -1.96. The molecule has 1 aromatic heterocycles. The molecule has 0 spiro atoms. The van der Waals surface area contributed by atoms with Crippen LogP contribution in [0.3, 0.4) is 0 Å². The molecule has 2 rings (SSSR count). The quantitative estimate of drug-likeness (QED) is 0.824. The van der Waals surface area contributed by atoms with Gasteiger partial charge in [0.15, 0.2) is 0 Å². The fourth-order valence-corrected chi connectivity index (χ4v) is 2.05. The van der Waals surface area contributed by atoms with Gasteiger partial charge in [-0.3, -0.25) is 0 Å². The van der Waals surface area contributed by atoms with Gasteiger partial charge in [0.2, 0.25) is 0 Å². The van der Waals surface area contributed by atoms with Gasteiger partial charge in [-0.25, -0.2) is 0 Å². The van der Waals surface area contributed by atoms with Crippen molar-refractivity contribution in [2.75, 3.05) is 7.11 Å². The monoisotopic (exact) mass is 224 g/mol. The van der Waals surface area contributed by atoms with E-state index in [1.807, 2.05) is 13.0 Å². The molecule has 3 N–H and O–H groups in total. The van der Waals surface area contributed by atoms with Crippen LogP contribution in [0, 0.1) is 6.92 Å². The van der Waals surface area contributed by atoms with Crippen LogP contribution in [0.25, 0.3) is 10.9 Å². The van der Waals surface area contributed by atoms with Crippen LogP contribution in [0.4, 0.5) is 0 Å². The largest absolute Gasteiger partial charge is 0.497 e. The van der Waals surface area contributed by atoms with Crippen molar-refractivity contribution in [3.63, 3.8) is 0 Å². The Kier molecular flexibility index (Phi) is 2.59. The minimum Gasteiger partial charge on any atom is -0.497 e. The summed E-state index contributed by atoms with van der Waals surface area (Å²) in [6.07, 6.45) is 0. The van der Waals surface area contributed by atoms with Gasteiger partial charge < -0.3 is 15.5 Å². The van der Waals surface area contributed by atoms with Crippen LogP contribution in [-0.4, -0.2) is 12.1 Å². The van der Waals surface area contributed by atoms with Gasteiger partial charge in [0.25, 0.3) is 0 Å². The highest BCUT2D eigenvalue weighted by Crippen LogP contribution is 2.32. The van der Waals surface area contributed by atoms with E-state index in [0.717, 1.165) is 27.9 Å². The molecule has 0 radical (unpaired) electrons. The number of aryl methyl sites for hydroxylation is 1. The number of aromatic nitrogens is 1. The molecule has 0 unspecified atom stereocenters. The van der Waals surface area contributed by atoms with Gasteiger partial charge in [0.05, 0.1) is 17.6 Å². The zero-order valence-electron chi connectivity index (χ0n) is 8.73. The third-order valence-corrected chi connectivity index (χ3v) is 2.89. The van der Waals surface area contributed by atoms with Crippen molar-refractivity contribution >= 4 is 22.5 Å². The summed E-state index contributed by atoms with van der Waals surface area (Å²) in [6, 6.07) is 3.74. The van der Waals surface area contributed by atoms with E-state index in [4.69, 9.17) is 22.1 Å².